The van der Waals surface area contributed by atoms with Crippen molar-refractivity contribution in [2.45, 2.75) is 23.8 Å². The molecule has 0 saturated carbocycles. The Hall–Kier alpha value is -0.280. The molecule has 0 unspecified atom stereocenters. The Bertz CT molecular complexity index is 315. The van der Waals surface area contributed by atoms with Crippen LogP contribution in [0.25, 0.3) is 0 Å². The molecule has 1 saturated heterocycles. The zero-order chi connectivity index (χ0) is 10.7. The fourth-order valence-corrected chi connectivity index (χ4v) is 5.13. The Morgan fingerprint density at radius 1 is 1.20 bits per heavy atom. The monoisotopic (exact) mass is 240 g/mol. The molecule has 0 bridgehead atoms. The van der Waals surface area contributed by atoms with Crippen molar-refractivity contribution in [3.8, 4) is 5.75 Å². The SMILES string of the molecule is CCC1(c2ccc(O)cc2)SCCCS1. The van der Waals surface area contributed by atoms with Gasteiger partial charge in [-0.05, 0) is 42.0 Å². The van der Waals surface area contributed by atoms with Crippen LogP contribution >= 0.6 is 23.5 Å². The fraction of sp³-hybridized carbons (Fsp3) is 0.500. The van der Waals surface area contributed by atoms with Crippen molar-refractivity contribution in [1.82, 2.24) is 0 Å². The van der Waals surface area contributed by atoms with Crippen LogP contribution in [-0.4, -0.2) is 16.6 Å². The summed E-state index contributed by atoms with van der Waals surface area (Å²) in [6.45, 7) is 2.25. The van der Waals surface area contributed by atoms with Crippen LogP contribution in [0.2, 0.25) is 0 Å². The van der Waals surface area contributed by atoms with Gasteiger partial charge in [0.05, 0.1) is 4.08 Å². The van der Waals surface area contributed by atoms with Crippen LogP contribution in [0.1, 0.15) is 25.3 Å². The maximum atomic E-state index is 9.30. The van der Waals surface area contributed by atoms with Crippen molar-refractivity contribution < 1.29 is 5.11 Å². The molecule has 82 valence electrons. The number of aromatic hydroxyl groups is 1. The second-order valence-corrected chi connectivity index (χ2v) is 6.75. The second kappa shape index (κ2) is 4.71. The van der Waals surface area contributed by atoms with Crippen molar-refractivity contribution in [3.63, 3.8) is 0 Å². The molecule has 1 aromatic rings. The Morgan fingerprint density at radius 3 is 2.33 bits per heavy atom. The van der Waals surface area contributed by atoms with Crippen molar-refractivity contribution in [2.75, 3.05) is 11.5 Å². The third kappa shape index (κ3) is 2.28. The molecule has 3 heteroatoms. The Balaban J connectivity index is 2.28. The van der Waals surface area contributed by atoms with Crippen LogP contribution in [0.5, 0.6) is 5.75 Å². The lowest BCUT2D eigenvalue weighted by molar-refractivity contribution is 0.475. The van der Waals surface area contributed by atoms with Crippen molar-refractivity contribution in [1.29, 1.82) is 0 Å². The highest BCUT2D eigenvalue weighted by Crippen LogP contribution is 2.52. The van der Waals surface area contributed by atoms with Crippen LogP contribution in [0.15, 0.2) is 24.3 Å². The molecule has 1 aliphatic rings. The van der Waals surface area contributed by atoms with Gasteiger partial charge in [0.15, 0.2) is 0 Å². The van der Waals surface area contributed by atoms with Crippen LogP contribution < -0.4 is 0 Å². The zero-order valence-corrected chi connectivity index (χ0v) is 10.5. The van der Waals surface area contributed by atoms with Crippen LogP contribution in [0, 0.1) is 0 Å². The Labute approximate surface area is 99.7 Å². The molecule has 0 atom stereocenters. The summed E-state index contributed by atoms with van der Waals surface area (Å²) in [7, 11) is 0. The van der Waals surface area contributed by atoms with Gasteiger partial charge in [-0.15, -0.1) is 23.5 Å². The first-order chi connectivity index (χ1) is 7.27. The first kappa shape index (κ1) is 11.2. The second-order valence-electron chi connectivity index (χ2n) is 3.70. The number of thioether (sulfide) groups is 2. The van der Waals surface area contributed by atoms with E-state index in [9.17, 15) is 5.11 Å². The third-order valence-electron chi connectivity index (χ3n) is 2.73. The number of rotatable bonds is 2. The quantitative estimate of drug-likeness (QED) is 0.848. The summed E-state index contributed by atoms with van der Waals surface area (Å²) in [5.74, 6) is 2.86. The molecule has 15 heavy (non-hydrogen) atoms. The largest absolute Gasteiger partial charge is 0.508 e. The smallest absolute Gasteiger partial charge is 0.115 e. The van der Waals surface area contributed by atoms with E-state index in [1.165, 1.54) is 23.5 Å². The predicted molar refractivity (Wildman–Crippen MR) is 69.6 cm³/mol. The first-order valence-electron chi connectivity index (χ1n) is 5.34. The molecule has 0 aromatic heterocycles. The Kier molecular flexibility index (Phi) is 3.52. The van der Waals surface area contributed by atoms with Crippen LogP contribution in [0.3, 0.4) is 0 Å². The van der Waals surface area contributed by atoms with Crippen molar-refractivity contribution in [2.24, 2.45) is 0 Å². The van der Waals surface area contributed by atoms with Gasteiger partial charge in [-0.1, -0.05) is 19.1 Å². The molecule has 1 aromatic carbocycles. The van der Waals surface area contributed by atoms with Gasteiger partial charge in [-0.3, -0.25) is 0 Å². The molecule has 0 amide bonds. The minimum atomic E-state index is 0.228. The lowest BCUT2D eigenvalue weighted by Crippen LogP contribution is -2.21. The van der Waals surface area contributed by atoms with Gasteiger partial charge >= 0.3 is 0 Å². The molecule has 0 aliphatic carbocycles. The minimum Gasteiger partial charge on any atom is -0.508 e. The van der Waals surface area contributed by atoms with E-state index in [-0.39, 0.29) is 4.08 Å². The summed E-state index contributed by atoms with van der Waals surface area (Å²) in [4.78, 5) is 0. The highest BCUT2D eigenvalue weighted by molar-refractivity contribution is 8.18. The average molecular weight is 240 g/mol. The molecular weight excluding hydrogens is 224 g/mol. The zero-order valence-electron chi connectivity index (χ0n) is 8.90. The van der Waals surface area contributed by atoms with Crippen molar-refractivity contribution in [3.05, 3.63) is 29.8 Å². The normalized spacial score (nSPS) is 20.1. The van der Waals surface area contributed by atoms with E-state index in [1.54, 1.807) is 12.1 Å². The van der Waals surface area contributed by atoms with E-state index >= 15 is 0 Å². The van der Waals surface area contributed by atoms with Gasteiger partial charge in [-0.25, -0.2) is 0 Å². The van der Waals surface area contributed by atoms with Gasteiger partial charge in [-0.2, -0.15) is 0 Å². The minimum absolute atomic E-state index is 0.228. The van der Waals surface area contributed by atoms with Crippen LogP contribution in [0.4, 0.5) is 0 Å². The summed E-state index contributed by atoms with van der Waals surface area (Å²) in [6.07, 6.45) is 2.46. The molecule has 1 heterocycles. The summed E-state index contributed by atoms with van der Waals surface area (Å²) in [6, 6.07) is 7.71. The molecular formula is C12H16OS2. The maximum Gasteiger partial charge on any atom is 0.115 e. The number of phenols is 1. The number of hydrogen-bond donors (Lipinski definition) is 1. The summed E-state index contributed by atoms with van der Waals surface area (Å²) in [5, 5.41) is 9.30. The molecule has 1 aliphatic heterocycles. The average Bonchev–Trinajstić information content (AvgIpc) is 2.31. The fourth-order valence-electron chi connectivity index (χ4n) is 1.86. The van der Waals surface area contributed by atoms with E-state index in [1.807, 2.05) is 0 Å². The van der Waals surface area contributed by atoms with Gasteiger partial charge < -0.3 is 5.11 Å². The van der Waals surface area contributed by atoms with Gasteiger partial charge in [0.1, 0.15) is 5.75 Å². The third-order valence-corrected chi connectivity index (χ3v) is 6.41. The van der Waals surface area contributed by atoms with Gasteiger partial charge in [0.2, 0.25) is 0 Å². The molecule has 1 fully saturated rings. The molecule has 2 rings (SSSR count). The molecule has 0 radical (unpaired) electrons. The highest BCUT2D eigenvalue weighted by atomic mass is 32.2. The maximum absolute atomic E-state index is 9.30. The van der Waals surface area contributed by atoms with E-state index in [2.05, 4.69) is 42.6 Å². The van der Waals surface area contributed by atoms with Crippen LogP contribution in [-0.2, 0) is 4.08 Å². The summed E-state index contributed by atoms with van der Waals surface area (Å²) < 4.78 is 0.228. The van der Waals surface area contributed by atoms with E-state index < -0.39 is 0 Å². The Morgan fingerprint density at radius 2 is 1.80 bits per heavy atom. The summed E-state index contributed by atoms with van der Waals surface area (Å²) in [5.41, 5.74) is 1.34. The first-order valence-corrected chi connectivity index (χ1v) is 7.31. The van der Waals surface area contributed by atoms with E-state index in [4.69, 9.17) is 0 Å². The summed E-state index contributed by atoms with van der Waals surface area (Å²) >= 11 is 4.10. The number of benzene rings is 1. The lowest BCUT2D eigenvalue weighted by Gasteiger charge is -2.35. The van der Waals surface area contributed by atoms with Crippen molar-refractivity contribution >= 4 is 23.5 Å². The molecule has 0 spiro atoms. The topological polar surface area (TPSA) is 20.2 Å². The van der Waals surface area contributed by atoms with Gasteiger partial charge in [0.25, 0.3) is 0 Å². The predicted octanol–water partition coefficient (Wildman–Crippen LogP) is 3.83. The highest BCUT2D eigenvalue weighted by Gasteiger charge is 2.33. The van der Waals surface area contributed by atoms with Gasteiger partial charge in [0, 0.05) is 0 Å². The lowest BCUT2D eigenvalue weighted by atomic mass is 10.1. The van der Waals surface area contributed by atoms with E-state index in [0.29, 0.717) is 5.75 Å². The van der Waals surface area contributed by atoms with E-state index in [0.717, 1.165) is 6.42 Å². The standard InChI is InChI=1S/C12H16OS2/c1-2-12(14-8-3-9-15-12)10-4-6-11(13)7-5-10/h4-7,13H,2-3,8-9H2,1H3. The molecule has 1 nitrogen and oxygen atoms in total. The number of hydrogen-bond acceptors (Lipinski definition) is 3. The molecule has 1 N–H and O–H groups in total. The number of phenolic OH excluding ortho intramolecular Hbond substituents is 1.